The maximum Gasteiger partial charge on any atom is 0.410 e. The van der Waals surface area contributed by atoms with Crippen LogP contribution in [-0.2, 0) is 14.3 Å². The minimum atomic E-state index is -0.610. The molecule has 1 aromatic rings. The van der Waals surface area contributed by atoms with E-state index in [1.165, 1.54) is 7.11 Å². The number of aliphatic hydroxyl groups excluding tert-OH is 1. The first-order chi connectivity index (χ1) is 16.5. The summed E-state index contributed by atoms with van der Waals surface area (Å²) in [5, 5.41) is 11.2. The average Bonchev–Trinajstić information content (AvgIpc) is 3.60. The number of hydrogen-bond acceptors (Lipinski definition) is 6. The van der Waals surface area contributed by atoms with E-state index in [4.69, 9.17) is 14.2 Å². The van der Waals surface area contributed by atoms with Crippen molar-refractivity contribution in [1.82, 2.24) is 4.90 Å². The summed E-state index contributed by atoms with van der Waals surface area (Å²) in [6.45, 7) is 8.76. The van der Waals surface area contributed by atoms with Crippen LogP contribution in [0.1, 0.15) is 82.9 Å². The van der Waals surface area contributed by atoms with Gasteiger partial charge >= 0.3 is 12.1 Å². The minimum Gasteiger partial charge on any atom is -0.486 e. The molecule has 2 aliphatic carbocycles. The van der Waals surface area contributed by atoms with Gasteiger partial charge in [-0.2, -0.15) is 0 Å². The van der Waals surface area contributed by atoms with E-state index in [0.29, 0.717) is 25.4 Å². The summed E-state index contributed by atoms with van der Waals surface area (Å²) in [5.74, 6) is 1.15. The van der Waals surface area contributed by atoms with Crippen LogP contribution in [-0.4, -0.2) is 53.5 Å². The third-order valence-corrected chi connectivity index (χ3v) is 8.61. The van der Waals surface area contributed by atoms with Crippen molar-refractivity contribution in [3.8, 4) is 5.75 Å². The molecule has 2 unspecified atom stereocenters. The predicted octanol–water partition coefficient (Wildman–Crippen LogP) is 4.82. The zero-order valence-corrected chi connectivity index (χ0v) is 21.6. The summed E-state index contributed by atoms with van der Waals surface area (Å²) < 4.78 is 17.5. The number of ether oxygens (including phenoxy) is 3. The standard InChI is InChI=1S/C28H39NO6/c1-16(25(31)33-5)24(17-6-7-17)18-8-11-21-22(30)13-28(34-23(21)12-18)19-9-10-20(28)15-29(14-19)26(32)35-27(2,3)4/h8,11-12,16-17,19-20,22,24,30H,6-7,9-10,13-15H2,1-5H3/t16-,19-,20+,22?,24-,28?/m0/s1. The molecule has 7 heteroatoms. The van der Waals surface area contributed by atoms with Gasteiger partial charge in [-0.05, 0) is 69.9 Å². The molecular weight excluding hydrogens is 446 g/mol. The summed E-state index contributed by atoms with van der Waals surface area (Å²) in [7, 11) is 1.44. The number of rotatable bonds is 4. The van der Waals surface area contributed by atoms with E-state index in [1.54, 1.807) is 0 Å². The van der Waals surface area contributed by atoms with Crippen molar-refractivity contribution >= 4 is 12.1 Å². The number of methoxy groups -OCH3 is 1. The molecule has 1 amide bonds. The van der Waals surface area contributed by atoms with E-state index < -0.39 is 17.3 Å². The number of piperidine rings is 1. The Hall–Kier alpha value is -2.28. The number of nitrogens with zero attached hydrogens (tertiary/aromatic N) is 1. The van der Waals surface area contributed by atoms with Gasteiger partial charge < -0.3 is 24.2 Å². The van der Waals surface area contributed by atoms with Crippen molar-refractivity contribution in [2.24, 2.45) is 23.7 Å². The van der Waals surface area contributed by atoms with Crippen LogP contribution in [0.5, 0.6) is 5.75 Å². The van der Waals surface area contributed by atoms with E-state index >= 15 is 0 Å². The fraction of sp³-hybridized carbons (Fsp3) is 0.714. The summed E-state index contributed by atoms with van der Waals surface area (Å²) >= 11 is 0. The molecule has 2 heterocycles. The molecule has 192 valence electrons. The fourth-order valence-corrected chi connectivity index (χ4v) is 6.84. The number of amides is 1. The maximum absolute atomic E-state index is 12.8. The lowest BCUT2D eigenvalue weighted by molar-refractivity contribution is -0.145. The highest BCUT2D eigenvalue weighted by Crippen LogP contribution is 2.56. The predicted molar refractivity (Wildman–Crippen MR) is 130 cm³/mol. The first-order valence-electron chi connectivity index (χ1n) is 13.1. The monoisotopic (exact) mass is 485 g/mol. The second-order valence-corrected chi connectivity index (χ2v) is 12.1. The Morgan fingerprint density at radius 3 is 2.37 bits per heavy atom. The Morgan fingerprint density at radius 2 is 1.80 bits per heavy atom. The highest BCUT2D eigenvalue weighted by atomic mass is 16.6. The molecule has 1 spiro atoms. The molecule has 3 fully saturated rings. The van der Waals surface area contributed by atoms with Crippen molar-refractivity contribution in [3.05, 3.63) is 29.3 Å². The minimum absolute atomic E-state index is 0.0807. The molecule has 1 saturated heterocycles. The van der Waals surface area contributed by atoms with Crippen molar-refractivity contribution in [3.63, 3.8) is 0 Å². The molecule has 1 aromatic carbocycles. The molecule has 5 rings (SSSR count). The van der Waals surface area contributed by atoms with E-state index in [9.17, 15) is 14.7 Å². The van der Waals surface area contributed by atoms with E-state index in [-0.39, 0.29) is 35.7 Å². The van der Waals surface area contributed by atoms with Gasteiger partial charge in [0.1, 0.15) is 17.0 Å². The van der Waals surface area contributed by atoms with Gasteiger partial charge in [0.05, 0.1) is 19.1 Å². The topological polar surface area (TPSA) is 85.3 Å². The first-order valence-corrected chi connectivity index (χ1v) is 13.1. The van der Waals surface area contributed by atoms with Crippen molar-refractivity contribution in [2.75, 3.05) is 20.2 Å². The normalized spacial score (nSPS) is 31.4. The molecule has 2 aliphatic heterocycles. The highest BCUT2D eigenvalue weighted by molar-refractivity contribution is 5.73. The third-order valence-electron chi connectivity index (χ3n) is 8.61. The Labute approximate surface area is 208 Å². The third kappa shape index (κ3) is 4.41. The average molecular weight is 486 g/mol. The Bertz CT molecular complexity index is 982. The van der Waals surface area contributed by atoms with Gasteiger partial charge in [0.25, 0.3) is 0 Å². The fourth-order valence-electron chi connectivity index (χ4n) is 6.84. The van der Waals surface area contributed by atoms with Crippen molar-refractivity contribution in [1.29, 1.82) is 0 Å². The SMILES string of the molecule is COC(=O)[C@@H](C)[C@H](c1ccc2c(c1)OC1(CC2O)[C@@H]2CC[C@H]1CN(C(=O)OC(C)(C)C)C2)C1CC1. The molecule has 2 bridgehead atoms. The van der Waals surface area contributed by atoms with Gasteiger partial charge in [0, 0.05) is 36.9 Å². The lowest BCUT2D eigenvalue weighted by Crippen LogP contribution is -2.60. The maximum atomic E-state index is 12.8. The van der Waals surface area contributed by atoms with E-state index in [1.807, 2.05) is 44.7 Å². The number of carbonyl (C=O) groups is 2. The zero-order valence-electron chi connectivity index (χ0n) is 21.6. The molecular formula is C28H39NO6. The largest absolute Gasteiger partial charge is 0.486 e. The van der Waals surface area contributed by atoms with Gasteiger partial charge in [-0.25, -0.2) is 4.79 Å². The lowest BCUT2D eigenvalue weighted by Gasteiger charge is -2.50. The molecule has 4 aliphatic rings. The zero-order chi connectivity index (χ0) is 25.1. The van der Waals surface area contributed by atoms with Gasteiger partial charge in [-0.15, -0.1) is 0 Å². The number of esters is 1. The van der Waals surface area contributed by atoms with Gasteiger partial charge in [-0.3, -0.25) is 4.79 Å². The number of benzene rings is 1. The number of fused-ring (bicyclic) bond motifs is 1. The van der Waals surface area contributed by atoms with E-state index in [2.05, 4.69) is 6.07 Å². The Balaban J connectivity index is 1.41. The molecule has 7 nitrogen and oxygen atoms in total. The Morgan fingerprint density at radius 1 is 1.14 bits per heavy atom. The van der Waals surface area contributed by atoms with Gasteiger partial charge in [0.15, 0.2) is 0 Å². The molecule has 0 aromatic heterocycles. The summed E-state index contributed by atoms with van der Waals surface area (Å²) in [5.41, 5.74) is 0.880. The van der Waals surface area contributed by atoms with Crippen LogP contribution in [0.15, 0.2) is 18.2 Å². The van der Waals surface area contributed by atoms with Gasteiger partial charge in [0.2, 0.25) is 0 Å². The summed E-state index contributed by atoms with van der Waals surface area (Å²) in [4.78, 5) is 27.0. The van der Waals surface area contributed by atoms with Crippen LogP contribution in [0.3, 0.4) is 0 Å². The highest BCUT2D eigenvalue weighted by Gasteiger charge is 2.59. The molecule has 1 N–H and O–H groups in total. The smallest absolute Gasteiger partial charge is 0.410 e. The first kappa shape index (κ1) is 24.4. The number of likely N-dealkylation sites (tertiary alicyclic amines) is 1. The number of carbonyl (C=O) groups excluding carboxylic acids is 2. The van der Waals surface area contributed by atoms with Crippen LogP contribution in [0.4, 0.5) is 4.79 Å². The Kier molecular flexibility index (Phi) is 6.06. The van der Waals surface area contributed by atoms with E-state index in [0.717, 1.165) is 42.6 Å². The second-order valence-electron chi connectivity index (χ2n) is 12.1. The molecule has 2 saturated carbocycles. The lowest BCUT2D eigenvalue weighted by atomic mass is 9.73. The summed E-state index contributed by atoms with van der Waals surface area (Å²) in [6.07, 6.45) is 3.82. The van der Waals surface area contributed by atoms with Crippen LogP contribution < -0.4 is 4.74 Å². The number of hydrogen-bond donors (Lipinski definition) is 1. The van der Waals surface area contributed by atoms with Crippen LogP contribution in [0.25, 0.3) is 0 Å². The quantitative estimate of drug-likeness (QED) is 0.616. The van der Waals surface area contributed by atoms with Crippen molar-refractivity contribution < 1.29 is 28.9 Å². The molecule has 35 heavy (non-hydrogen) atoms. The molecule has 6 atom stereocenters. The second kappa shape index (κ2) is 8.68. The summed E-state index contributed by atoms with van der Waals surface area (Å²) in [6, 6.07) is 6.08. The van der Waals surface area contributed by atoms with Crippen LogP contribution in [0, 0.1) is 23.7 Å². The van der Waals surface area contributed by atoms with Crippen LogP contribution >= 0.6 is 0 Å². The van der Waals surface area contributed by atoms with Crippen LogP contribution in [0.2, 0.25) is 0 Å². The number of aliphatic hydroxyl groups is 1. The molecule has 0 radical (unpaired) electrons. The van der Waals surface area contributed by atoms with Crippen molar-refractivity contribution in [2.45, 2.75) is 83.0 Å². The van der Waals surface area contributed by atoms with Gasteiger partial charge in [-0.1, -0.05) is 19.1 Å².